The number of aryl methyl sites for hydroxylation is 3. The van der Waals surface area contributed by atoms with Gasteiger partial charge < -0.3 is 5.32 Å². The summed E-state index contributed by atoms with van der Waals surface area (Å²) in [6, 6.07) is 6.17. The Labute approximate surface area is 119 Å². The van der Waals surface area contributed by atoms with Gasteiger partial charge in [0.1, 0.15) is 5.69 Å². The van der Waals surface area contributed by atoms with Gasteiger partial charge in [0, 0.05) is 6.20 Å². The Kier molecular flexibility index (Phi) is 4.13. The van der Waals surface area contributed by atoms with Crippen molar-refractivity contribution in [3.8, 4) is 0 Å². The maximum absolute atomic E-state index is 12.1. The molecule has 0 fully saturated rings. The molecule has 0 spiro atoms. The van der Waals surface area contributed by atoms with Gasteiger partial charge in [0.2, 0.25) is 0 Å². The summed E-state index contributed by atoms with van der Waals surface area (Å²) in [4.78, 5) is 20.3. The van der Waals surface area contributed by atoms with E-state index in [-0.39, 0.29) is 11.9 Å². The van der Waals surface area contributed by atoms with E-state index in [2.05, 4.69) is 33.5 Å². The van der Waals surface area contributed by atoms with Gasteiger partial charge in [-0.15, -0.1) is 0 Å². The van der Waals surface area contributed by atoms with E-state index in [4.69, 9.17) is 0 Å². The van der Waals surface area contributed by atoms with Crippen LogP contribution in [0.5, 0.6) is 0 Å². The summed E-state index contributed by atoms with van der Waals surface area (Å²) in [6.45, 7) is 7.90. The standard InChI is InChI=1S/C16H19N3O/c1-10-5-6-11(2)14(7-10)13(4)19-16(20)15-9-17-12(3)8-18-15/h5-9,13H,1-4H3,(H,19,20). The molecule has 20 heavy (non-hydrogen) atoms. The smallest absolute Gasteiger partial charge is 0.271 e. The van der Waals surface area contributed by atoms with Crippen molar-refractivity contribution >= 4 is 5.91 Å². The molecule has 2 rings (SSSR count). The van der Waals surface area contributed by atoms with Gasteiger partial charge in [-0.1, -0.05) is 23.8 Å². The molecule has 0 bridgehead atoms. The number of carbonyl (C=O) groups is 1. The van der Waals surface area contributed by atoms with Crippen LogP contribution in [0.25, 0.3) is 0 Å². The number of carbonyl (C=O) groups excluding carboxylic acids is 1. The van der Waals surface area contributed by atoms with E-state index in [9.17, 15) is 4.79 Å². The van der Waals surface area contributed by atoms with Crippen LogP contribution in [-0.2, 0) is 0 Å². The predicted octanol–water partition coefficient (Wildman–Crippen LogP) is 2.89. The SMILES string of the molecule is Cc1ccc(C)c(C(C)NC(=O)c2cnc(C)cn2)c1. The van der Waals surface area contributed by atoms with Gasteiger partial charge in [-0.2, -0.15) is 0 Å². The molecule has 0 saturated carbocycles. The fourth-order valence-corrected chi connectivity index (χ4v) is 2.08. The molecule has 0 aliphatic heterocycles. The summed E-state index contributed by atoms with van der Waals surface area (Å²) in [5.74, 6) is -0.203. The highest BCUT2D eigenvalue weighted by atomic mass is 16.1. The quantitative estimate of drug-likeness (QED) is 0.932. The van der Waals surface area contributed by atoms with E-state index in [1.165, 1.54) is 17.3 Å². The summed E-state index contributed by atoms with van der Waals surface area (Å²) in [5, 5.41) is 2.96. The number of amides is 1. The van der Waals surface area contributed by atoms with E-state index in [1.54, 1.807) is 6.20 Å². The van der Waals surface area contributed by atoms with Crippen LogP contribution >= 0.6 is 0 Å². The Balaban J connectivity index is 2.15. The number of benzene rings is 1. The van der Waals surface area contributed by atoms with Crippen LogP contribution < -0.4 is 5.32 Å². The third-order valence-corrected chi connectivity index (χ3v) is 3.26. The van der Waals surface area contributed by atoms with Gasteiger partial charge in [0.15, 0.2) is 0 Å². The number of nitrogens with zero attached hydrogens (tertiary/aromatic N) is 2. The number of aromatic nitrogens is 2. The van der Waals surface area contributed by atoms with Crippen molar-refractivity contribution in [2.45, 2.75) is 33.7 Å². The van der Waals surface area contributed by atoms with E-state index < -0.39 is 0 Å². The lowest BCUT2D eigenvalue weighted by molar-refractivity contribution is 0.0934. The Morgan fingerprint density at radius 1 is 1.15 bits per heavy atom. The molecule has 4 heteroatoms. The van der Waals surface area contributed by atoms with Crippen molar-refractivity contribution < 1.29 is 4.79 Å². The Morgan fingerprint density at radius 3 is 2.55 bits per heavy atom. The van der Waals surface area contributed by atoms with Crippen molar-refractivity contribution in [1.29, 1.82) is 0 Å². The highest BCUT2D eigenvalue weighted by molar-refractivity contribution is 5.92. The highest BCUT2D eigenvalue weighted by Crippen LogP contribution is 2.19. The fourth-order valence-electron chi connectivity index (χ4n) is 2.08. The van der Waals surface area contributed by atoms with Gasteiger partial charge >= 0.3 is 0 Å². The lowest BCUT2D eigenvalue weighted by atomic mass is 10.00. The van der Waals surface area contributed by atoms with E-state index in [0.717, 1.165) is 11.3 Å². The molecule has 0 saturated heterocycles. The molecule has 1 N–H and O–H groups in total. The third kappa shape index (κ3) is 3.20. The Bertz CT molecular complexity index is 620. The first-order valence-electron chi connectivity index (χ1n) is 6.64. The average molecular weight is 269 g/mol. The number of hydrogen-bond donors (Lipinski definition) is 1. The second-order valence-corrected chi connectivity index (χ2v) is 5.10. The van der Waals surface area contributed by atoms with Gasteiger partial charge in [-0.05, 0) is 38.8 Å². The molecule has 0 radical (unpaired) electrons. The molecule has 1 aromatic heterocycles. The minimum atomic E-state index is -0.203. The highest BCUT2D eigenvalue weighted by Gasteiger charge is 2.14. The zero-order chi connectivity index (χ0) is 14.7. The molecular weight excluding hydrogens is 250 g/mol. The van der Waals surface area contributed by atoms with Crippen LogP contribution in [0.1, 0.15) is 45.8 Å². The minimum Gasteiger partial charge on any atom is -0.344 e. The Hall–Kier alpha value is -2.23. The molecule has 0 aliphatic rings. The largest absolute Gasteiger partial charge is 0.344 e. The molecule has 1 atom stereocenters. The average Bonchev–Trinajstić information content (AvgIpc) is 2.42. The summed E-state index contributed by atoms with van der Waals surface area (Å²) < 4.78 is 0. The van der Waals surface area contributed by atoms with E-state index in [0.29, 0.717) is 5.69 Å². The van der Waals surface area contributed by atoms with Crippen molar-refractivity contribution in [2.75, 3.05) is 0 Å². The second-order valence-electron chi connectivity index (χ2n) is 5.10. The van der Waals surface area contributed by atoms with Crippen LogP contribution in [0.3, 0.4) is 0 Å². The van der Waals surface area contributed by atoms with Crippen molar-refractivity contribution in [3.05, 3.63) is 58.7 Å². The van der Waals surface area contributed by atoms with Gasteiger partial charge in [-0.25, -0.2) is 4.98 Å². The third-order valence-electron chi connectivity index (χ3n) is 3.26. The van der Waals surface area contributed by atoms with Crippen molar-refractivity contribution in [3.63, 3.8) is 0 Å². The Morgan fingerprint density at radius 2 is 1.90 bits per heavy atom. The lowest BCUT2D eigenvalue weighted by Crippen LogP contribution is -2.28. The van der Waals surface area contributed by atoms with E-state index in [1.807, 2.05) is 27.7 Å². The maximum Gasteiger partial charge on any atom is 0.271 e. The molecule has 4 nitrogen and oxygen atoms in total. The number of hydrogen-bond acceptors (Lipinski definition) is 3. The van der Waals surface area contributed by atoms with Gasteiger partial charge in [-0.3, -0.25) is 9.78 Å². The summed E-state index contributed by atoms with van der Waals surface area (Å²) in [5.41, 5.74) is 4.61. The van der Waals surface area contributed by atoms with Crippen molar-refractivity contribution in [2.24, 2.45) is 0 Å². The van der Waals surface area contributed by atoms with Crippen molar-refractivity contribution in [1.82, 2.24) is 15.3 Å². The minimum absolute atomic E-state index is 0.0643. The molecule has 1 aromatic carbocycles. The fraction of sp³-hybridized carbons (Fsp3) is 0.312. The number of nitrogens with one attached hydrogen (secondary N) is 1. The first-order chi connectivity index (χ1) is 9.47. The predicted molar refractivity (Wildman–Crippen MR) is 78.6 cm³/mol. The van der Waals surface area contributed by atoms with E-state index >= 15 is 0 Å². The normalized spacial score (nSPS) is 12.0. The van der Waals surface area contributed by atoms with Gasteiger partial charge in [0.05, 0.1) is 17.9 Å². The summed E-state index contributed by atoms with van der Waals surface area (Å²) >= 11 is 0. The zero-order valence-electron chi connectivity index (χ0n) is 12.3. The summed E-state index contributed by atoms with van der Waals surface area (Å²) in [6.07, 6.45) is 3.10. The molecule has 1 unspecified atom stereocenters. The number of rotatable bonds is 3. The first kappa shape index (κ1) is 14.2. The maximum atomic E-state index is 12.1. The molecule has 104 valence electrons. The molecular formula is C16H19N3O. The topological polar surface area (TPSA) is 54.9 Å². The second kappa shape index (κ2) is 5.82. The zero-order valence-corrected chi connectivity index (χ0v) is 12.3. The van der Waals surface area contributed by atoms with Crippen LogP contribution in [-0.4, -0.2) is 15.9 Å². The van der Waals surface area contributed by atoms with Gasteiger partial charge in [0.25, 0.3) is 5.91 Å². The monoisotopic (exact) mass is 269 g/mol. The molecule has 1 heterocycles. The molecule has 2 aromatic rings. The lowest BCUT2D eigenvalue weighted by Gasteiger charge is -2.17. The molecule has 0 aliphatic carbocycles. The summed E-state index contributed by atoms with van der Waals surface area (Å²) in [7, 11) is 0. The van der Waals surface area contributed by atoms with Crippen LogP contribution in [0.4, 0.5) is 0 Å². The molecule has 1 amide bonds. The first-order valence-corrected chi connectivity index (χ1v) is 6.64. The van der Waals surface area contributed by atoms with Crippen LogP contribution in [0, 0.1) is 20.8 Å². The van der Waals surface area contributed by atoms with Crippen LogP contribution in [0.15, 0.2) is 30.6 Å². The van der Waals surface area contributed by atoms with Crippen LogP contribution in [0.2, 0.25) is 0 Å².